The predicted octanol–water partition coefficient (Wildman–Crippen LogP) is 7.34. The van der Waals surface area contributed by atoms with Crippen LogP contribution in [0.5, 0.6) is 0 Å². The maximum absolute atomic E-state index is 12.9. The third-order valence-corrected chi connectivity index (χ3v) is 5.46. The van der Waals surface area contributed by atoms with E-state index >= 15 is 0 Å². The zero-order valence-electron chi connectivity index (χ0n) is 16.7. The number of benzene rings is 3. The van der Waals surface area contributed by atoms with Gasteiger partial charge in [-0.1, -0.05) is 54.6 Å². The molecule has 8 heteroatoms. The van der Waals surface area contributed by atoms with Crippen LogP contribution in [0.1, 0.15) is 46.4 Å². The lowest BCUT2D eigenvalue weighted by Crippen LogP contribution is -2.22. The van der Waals surface area contributed by atoms with E-state index in [1.807, 2.05) is 30.3 Å². The number of rotatable bonds is 4. The Hall–Kier alpha value is -2.84. The van der Waals surface area contributed by atoms with Crippen LogP contribution in [0.3, 0.4) is 0 Å². The van der Waals surface area contributed by atoms with Gasteiger partial charge in [-0.15, -0.1) is 0 Å². The van der Waals surface area contributed by atoms with Crippen LogP contribution in [-0.2, 0) is 23.7 Å². The summed E-state index contributed by atoms with van der Waals surface area (Å²) in [5.74, 6) is 0. The molecule has 1 aliphatic rings. The van der Waals surface area contributed by atoms with Gasteiger partial charge in [0.15, 0.2) is 0 Å². The summed E-state index contributed by atoms with van der Waals surface area (Å²) in [4.78, 5) is 6.10. The second kappa shape index (κ2) is 8.60. The fraction of sp³-hybridized carbons (Fsp3) is 0.250. The van der Waals surface area contributed by atoms with E-state index in [2.05, 4.69) is 0 Å². The van der Waals surface area contributed by atoms with Gasteiger partial charge in [-0.25, -0.2) is 0 Å². The summed E-state index contributed by atoms with van der Waals surface area (Å²) in [5.41, 5.74) is 0.672. The summed E-state index contributed by atoms with van der Waals surface area (Å²) >= 11 is 0. The van der Waals surface area contributed by atoms with E-state index in [1.54, 1.807) is 5.06 Å². The van der Waals surface area contributed by atoms with Crippen molar-refractivity contribution in [2.24, 2.45) is 0 Å². The van der Waals surface area contributed by atoms with E-state index in [-0.39, 0.29) is 18.7 Å². The Kier molecular flexibility index (Phi) is 6.01. The normalized spacial score (nSPS) is 19.9. The Labute approximate surface area is 181 Å². The van der Waals surface area contributed by atoms with Gasteiger partial charge in [-0.2, -0.15) is 31.4 Å². The maximum Gasteiger partial charge on any atom is 0.416 e. The number of hydrogen-bond donors (Lipinski definition) is 0. The fourth-order valence-corrected chi connectivity index (χ4v) is 3.79. The minimum Gasteiger partial charge on any atom is -0.290 e. The molecule has 2 nitrogen and oxygen atoms in total. The molecule has 32 heavy (non-hydrogen) atoms. The molecule has 3 aromatic rings. The summed E-state index contributed by atoms with van der Waals surface area (Å²) in [5, 5.41) is 1.63. The minimum absolute atomic E-state index is 0.188. The molecule has 0 aliphatic carbocycles. The summed E-state index contributed by atoms with van der Waals surface area (Å²) < 4.78 is 77.4. The number of nitrogens with zero attached hydrogens (tertiary/aromatic N) is 1. The quantitative estimate of drug-likeness (QED) is 0.385. The lowest BCUT2D eigenvalue weighted by Gasteiger charge is -2.23. The minimum atomic E-state index is -4.43. The first kappa shape index (κ1) is 22.4. The highest BCUT2D eigenvalue weighted by Crippen LogP contribution is 2.43. The average Bonchev–Trinajstić information content (AvgIpc) is 3.17. The molecule has 2 unspecified atom stereocenters. The molecule has 1 aliphatic heterocycles. The molecule has 1 saturated heterocycles. The lowest BCUT2D eigenvalue weighted by atomic mass is 9.97. The van der Waals surface area contributed by atoms with Crippen LogP contribution < -0.4 is 0 Å². The van der Waals surface area contributed by atoms with Gasteiger partial charge in [-0.3, -0.25) is 4.84 Å². The molecule has 0 bridgehead atoms. The highest BCUT2D eigenvalue weighted by Gasteiger charge is 2.37. The molecule has 168 valence electrons. The molecule has 1 heterocycles. The van der Waals surface area contributed by atoms with Crippen molar-refractivity contribution in [2.45, 2.75) is 37.5 Å². The van der Waals surface area contributed by atoms with Crippen LogP contribution in [0.2, 0.25) is 0 Å². The van der Waals surface area contributed by atoms with Gasteiger partial charge in [0.1, 0.15) is 6.10 Å². The van der Waals surface area contributed by atoms with Crippen molar-refractivity contribution < 1.29 is 31.2 Å². The van der Waals surface area contributed by atoms with E-state index in [1.165, 1.54) is 24.3 Å². The number of halogens is 6. The van der Waals surface area contributed by atoms with Gasteiger partial charge in [0.2, 0.25) is 0 Å². The van der Waals surface area contributed by atoms with E-state index in [9.17, 15) is 26.3 Å². The van der Waals surface area contributed by atoms with Gasteiger partial charge in [0.25, 0.3) is 0 Å². The third kappa shape index (κ3) is 4.97. The molecular weight excluding hydrogens is 432 g/mol. The van der Waals surface area contributed by atoms with Gasteiger partial charge < -0.3 is 0 Å². The molecule has 0 radical (unpaired) electrons. The monoisotopic (exact) mass is 451 g/mol. The standard InChI is InChI=1S/C24H19F6NO/c25-23(26,27)19-10-6-16(7-11-19)15-31-21(14-22(32-31)18-4-2-1-3-5-18)17-8-12-20(13-9-17)24(28,29)30/h1-13,21-22H,14-15H2. The summed E-state index contributed by atoms with van der Waals surface area (Å²) in [6.45, 7) is 0.188. The van der Waals surface area contributed by atoms with Crippen molar-refractivity contribution in [3.8, 4) is 0 Å². The highest BCUT2D eigenvalue weighted by molar-refractivity contribution is 5.29. The molecule has 2 atom stereocenters. The van der Waals surface area contributed by atoms with Gasteiger partial charge in [0, 0.05) is 13.0 Å². The first-order chi connectivity index (χ1) is 15.1. The first-order valence-corrected chi connectivity index (χ1v) is 9.93. The van der Waals surface area contributed by atoms with Crippen LogP contribution in [-0.4, -0.2) is 5.06 Å². The largest absolute Gasteiger partial charge is 0.416 e. The molecule has 0 spiro atoms. The number of alkyl halides is 6. The predicted molar refractivity (Wildman–Crippen MR) is 106 cm³/mol. The average molecular weight is 451 g/mol. The zero-order valence-corrected chi connectivity index (χ0v) is 16.7. The van der Waals surface area contributed by atoms with Crippen molar-refractivity contribution in [3.63, 3.8) is 0 Å². The second-order valence-electron chi connectivity index (χ2n) is 7.65. The molecule has 4 rings (SSSR count). The first-order valence-electron chi connectivity index (χ1n) is 9.93. The topological polar surface area (TPSA) is 12.5 Å². The molecular formula is C24H19F6NO. The smallest absolute Gasteiger partial charge is 0.290 e. The van der Waals surface area contributed by atoms with Crippen molar-refractivity contribution in [1.29, 1.82) is 0 Å². The van der Waals surface area contributed by atoms with E-state index in [4.69, 9.17) is 4.84 Å². The van der Waals surface area contributed by atoms with Crippen molar-refractivity contribution in [1.82, 2.24) is 5.06 Å². The van der Waals surface area contributed by atoms with E-state index in [0.717, 1.165) is 29.8 Å². The third-order valence-electron chi connectivity index (χ3n) is 5.46. The Morgan fingerprint density at radius 1 is 0.688 bits per heavy atom. The molecule has 0 amide bonds. The van der Waals surface area contributed by atoms with Crippen LogP contribution in [0.15, 0.2) is 78.9 Å². The van der Waals surface area contributed by atoms with Crippen LogP contribution in [0.4, 0.5) is 26.3 Å². The number of hydroxylamine groups is 2. The summed E-state index contributed by atoms with van der Waals surface area (Å²) in [6.07, 6.45) is -8.69. The maximum atomic E-state index is 12.9. The van der Waals surface area contributed by atoms with Gasteiger partial charge >= 0.3 is 12.4 Å². The van der Waals surface area contributed by atoms with Crippen LogP contribution in [0, 0.1) is 0 Å². The van der Waals surface area contributed by atoms with E-state index in [0.29, 0.717) is 17.5 Å². The van der Waals surface area contributed by atoms with Gasteiger partial charge in [0.05, 0.1) is 17.2 Å². The summed E-state index contributed by atoms with van der Waals surface area (Å²) in [7, 11) is 0. The highest BCUT2D eigenvalue weighted by atomic mass is 19.4. The zero-order chi connectivity index (χ0) is 22.9. The van der Waals surface area contributed by atoms with E-state index < -0.39 is 23.5 Å². The SMILES string of the molecule is FC(F)(F)c1ccc(CN2OC(c3ccccc3)CC2c2ccc(C(F)(F)F)cc2)cc1. The Morgan fingerprint density at radius 2 is 1.22 bits per heavy atom. The molecule has 1 fully saturated rings. The Balaban J connectivity index is 1.60. The second-order valence-corrected chi connectivity index (χ2v) is 7.65. The van der Waals surface area contributed by atoms with Crippen LogP contribution in [0.25, 0.3) is 0 Å². The fourth-order valence-electron chi connectivity index (χ4n) is 3.79. The Morgan fingerprint density at radius 3 is 1.75 bits per heavy atom. The number of hydrogen-bond acceptors (Lipinski definition) is 2. The van der Waals surface area contributed by atoms with Crippen LogP contribution >= 0.6 is 0 Å². The van der Waals surface area contributed by atoms with Crippen molar-refractivity contribution in [2.75, 3.05) is 0 Å². The molecule has 0 aromatic heterocycles. The molecule has 0 N–H and O–H groups in total. The Bertz CT molecular complexity index is 1030. The molecule has 0 saturated carbocycles. The van der Waals surface area contributed by atoms with Gasteiger partial charge in [-0.05, 0) is 41.0 Å². The summed E-state index contributed by atoms with van der Waals surface area (Å²) in [6, 6.07) is 18.7. The lowest BCUT2D eigenvalue weighted by molar-refractivity contribution is -0.172. The van der Waals surface area contributed by atoms with Crippen molar-refractivity contribution >= 4 is 0 Å². The molecule has 3 aromatic carbocycles. The van der Waals surface area contributed by atoms with Crippen molar-refractivity contribution in [3.05, 3.63) is 107 Å².